The average molecular weight is 379 g/mol. The van der Waals surface area contributed by atoms with E-state index in [1.165, 1.54) is 0 Å². The standard InChI is InChI=1S/C19H21N7O2/c1-12-10-15(22-18(20)21-12)17(27)25-9-5-6-13(11-25)16-23-24-19(28)26(16)14-7-3-2-4-8-14/h2-4,7-8,10,13H,5-6,9,11H2,1H3,(H,24,28)(H2,20,21,22)/t13-/m1/s1. The van der Waals surface area contributed by atoms with Crippen molar-refractivity contribution < 1.29 is 4.79 Å². The second-order valence-electron chi connectivity index (χ2n) is 6.90. The third-order valence-electron chi connectivity index (χ3n) is 4.88. The van der Waals surface area contributed by atoms with Crippen molar-refractivity contribution in [3.63, 3.8) is 0 Å². The van der Waals surface area contributed by atoms with Crippen LogP contribution in [0.3, 0.4) is 0 Å². The fourth-order valence-corrected chi connectivity index (χ4v) is 3.65. The van der Waals surface area contributed by atoms with Crippen LogP contribution in [0.25, 0.3) is 5.69 Å². The zero-order chi connectivity index (χ0) is 19.7. The van der Waals surface area contributed by atoms with Gasteiger partial charge in [0.25, 0.3) is 5.91 Å². The van der Waals surface area contributed by atoms with Gasteiger partial charge in [-0.15, -0.1) is 0 Å². The molecule has 0 bridgehead atoms. The summed E-state index contributed by atoms with van der Waals surface area (Å²) in [5.41, 5.74) is 7.08. The van der Waals surface area contributed by atoms with Gasteiger partial charge in [0.15, 0.2) is 0 Å². The van der Waals surface area contributed by atoms with E-state index in [1.807, 2.05) is 30.3 Å². The van der Waals surface area contributed by atoms with Crippen molar-refractivity contribution in [3.8, 4) is 5.69 Å². The molecular formula is C19H21N7O2. The molecule has 0 saturated carbocycles. The zero-order valence-electron chi connectivity index (χ0n) is 15.5. The van der Waals surface area contributed by atoms with Crippen molar-refractivity contribution in [1.82, 2.24) is 29.6 Å². The van der Waals surface area contributed by atoms with E-state index in [4.69, 9.17) is 5.73 Å². The van der Waals surface area contributed by atoms with E-state index in [0.717, 1.165) is 18.5 Å². The van der Waals surface area contributed by atoms with E-state index in [2.05, 4.69) is 20.2 Å². The van der Waals surface area contributed by atoms with Crippen molar-refractivity contribution in [2.45, 2.75) is 25.7 Å². The fraction of sp³-hybridized carbons (Fsp3) is 0.316. The minimum atomic E-state index is -0.288. The van der Waals surface area contributed by atoms with Gasteiger partial charge >= 0.3 is 5.69 Å². The number of likely N-dealkylation sites (tertiary alicyclic amines) is 1. The van der Waals surface area contributed by atoms with Crippen molar-refractivity contribution in [2.24, 2.45) is 0 Å². The number of nitrogen functional groups attached to an aromatic ring is 1. The monoisotopic (exact) mass is 379 g/mol. The summed E-state index contributed by atoms with van der Waals surface area (Å²) in [6, 6.07) is 11.0. The summed E-state index contributed by atoms with van der Waals surface area (Å²) in [6.07, 6.45) is 1.65. The Hall–Kier alpha value is -3.49. The number of H-pyrrole nitrogens is 1. The first-order valence-corrected chi connectivity index (χ1v) is 9.16. The van der Waals surface area contributed by atoms with Gasteiger partial charge in [-0.1, -0.05) is 18.2 Å². The Morgan fingerprint density at radius 3 is 2.79 bits per heavy atom. The van der Waals surface area contributed by atoms with Crippen LogP contribution in [0.2, 0.25) is 0 Å². The molecule has 2 aromatic heterocycles. The molecule has 1 aliphatic rings. The van der Waals surface area contributed by atoms with E-state index in [0.29, 0.717) is 24.6 Å². The molecule has 1 aromatic carbocycles. The van der Waals surface area contributed by atoms with E-state index in [-0.39, 0.29) is 29.2 Å². The Kier molecular flexibility index (Phi) is 4.64. The summed E-state index contributed by atoms with van der Waals surface area (Å²) in [4.78, 5) is 35.1. The third kappa shape index (κ3) is 3.38. The van der Waals surface area contributed by atoms with Gasteiger partial charge in [-0.2, -0.15) is 5.10 Å². The molecule has 1 amide bonds. The second kappa shape index (κ2) is 7.26. The van der Waals surface area contributed by atoms with Gasteiger partial charge < -0.3 is 10.6 Å². The van der Waals surface area contributed by atoms with Crippen molar-refractivity contribution in [3.05, 3.63) is 64.1 Å². The van der Waals surface area contributed by atoms with Gasteiger partial charge in [0, 0.05) is 24.7 Å². The number of hydrogen-bond donors (Lipinski definition) is 2. The first kappa shape index (κ1) is 17.9. The second-order valence-corrected chi connectivity index (χ2v) is 6.90. The summed E-state index contributed by atoms with van der Waals surface area (Å²) in [5, 5.41) is 6.79. The summed E-state index contributed by atoms with van der Waals surface area (Å²) in [6.45, 7) is 2.85. The molecule has 3 N–H and O–H groups in total. The number of nitrogens with zero attached hydrogens (tertiary/aromatic N) is 5. The highest BCUT2D eigenvalue weighted by Gasteiger charge is 2.30. The number of nitrogens with two attached hydrogens (primary N) is 1. The molecular weight excluding hydrogens is 358 g/mol. The van der Waals surface area contributed by atoms with Gasteiger partial charge in [0.05, 0.1) is 5.69 Å². The number of amides is 1. The van der Waals surface area contributed by atoms with Crippen LogP contribution in [-0.4, -0.2) is 48.6 Å². The number of aryl methyl sites for hydroxylation is 1. The summed E-state index contributed by atoms with van der Waals surface area (Å²) in [5.74, 6) is 0.470. The van der Waals surface area contributed by atoms with Gasteiger partial charge in [-0.05, 0) is 38.0 Å². The van der Waals surface area contributed by atoms with Crippen LogP contribution in [0.15, 0.2) is 41.2 Å². The van der Waals surface area contributed by atoms with Crippen molar-refractivity contribution >= 4 is 11.9 Å². The summed E-state index contributed by atoms with van der Waals surface area (Å²) in [7, 11) is 0. The lowest BCUT2D eigenvalue weighted by molar-refractivity contribution is 0.0697. The number of aromatic nitrogens is 5. The SMILES string of the molecule is Cc1cc(C(=O)N2CCC[C@@H](c3n[nH]c(=O)n3-c3ccccc3)C2)nc(N)n1. The molecule has 0 aliphatic carbocycles. The van der Waals surface area contributed by atoms with Gasteiger partial charge in [0.2, 0.25) is 5.95 Å². The van der Waals surface area contributed by atoms with E-state index < -0.39 is 0 Å². The number of rotatable bonds is 3. The lowest BCUT2D eigenvalue weighted by atomic mass is 9.96. The number of anilines is 1. The maximum atomic E-state index is 12.9. The van der Waals surface area contributed by atoms with Crippen LogP contribution in [0.4, 0.5) is 5.95 Å². The summed E-state index contributed by atoms with van der Waals surface area (Å²) >= 11 is 0. The number of nitrogens with one attached hydrogen (secondary N) is 1. The van der Waals surface area contributed by atoms with Crippen LogP contribution in [-0.2, 0) is 0 Å². The molecule has 28 heavy (non-hydrogen) atoms. The molecule has 1 fully saturated rings. The van der Waals surface area contributed by atoms with Crippen LogP contribution >= 0.6 is 0 Å². The maximum Gasteiger partial charge on any atom is 0.347 e. The molecule has 0 unspecified atom stereocenters. The quantitative estimate of drug-likeness (QED) is 0.706. The molecule has 1 aliphatic heterocycles. The number of para-hydroxylation sites is 1. The van der Waals surface area contributed by atoms with Crippen molar-refractivity contribution in [1.29, 1.82) is 0 Å². The molecule has 0 radical (unpaired) electrons. The lowest BCUT2D eigenvalue weighted by Gasteiger charge is -2.32. The Bertz CT molecular complexity index is 1040. The van der Waals surface area contributed by atoms with Gasteiger partial charge in [0.1, 0.15) is 11.5 Å². The molecule has 4 rings (SSSR count). The third-order valence-corrected chi connectivity index (χ3v) is 4.88. The van der Waals surface area contributed by atoms with E-state index in [1.54, 1.807) is 22.5 Å². The number of carbonyl (C=O) groups excluding carboxylic acids is 1. The highest BCUT2D eigenvalue weighted by Crippen LogP contribution is 2.27. The predicted molar refractivity (Wildman–Crippen MR) is 103 cm³/mol. The molecule has 9 nitrogen and oxygen atoms in total. The lowest BCUT2D eigenvalue weighted by Crippen LogP contribution is -2.40. The van der Waals surface area contributed by atoms with Crippen LogP contribution in [0, 0.1) is 6.92 Å². The first-order chi connectivity index (χ1) is 13.5. The number of benzene rings is 1. The van der Waals surface area contributed by atoms with Gasteiger partial charge in [-0.3, -0.25) is 4.79 Å². The molecule has 1 atom stereocenters. The Labute approximate surface area is 161 Å². The van der Waals surface area contributed by atoms with Crippen molar-refractivity contribution in [2.75, 3.05) is 18.8 Å². The van der Waals surface area contributed by atoms with Crippen LogP contribution in [0.1, 0.15) is 40.8 Å². The molecule has 0 spiro atoms. The number of aromatic amines is 1. The topological polar surface area (TPSA) is 123 Å². The minimum absolute atomic E-state index is 0.0582. The number of piperidine rings is 1. The zero-order valence-corrected chi connectivity index (χ0v) is 15.5. The average Bonchev–Trinajstić information content (AvgIpc) is 3.09. The number of hydrogen-bond acceptors (Lipinski definition) is 6. The van der Waals surface area contributed by atoms with E-state index in [9.17, 15) is 9.59 Å². The van der Waals surface area contributed by atoms with Crippen LogP contribution in [0.5, 0.6) is 0 Å². The fourth-order valence-electron chi connectivity index (χ4n) is 3.65. The van der Waals surface area contributed by atoms with E-state index >= 15 is 0 Å². The minimum Gasteiger partial charge on any atom is -0.368 e. The Morgan fingerprint density at radius 2 is 2.04 bits per heavy atom. The Balaban J connectivity index is 1.62. The largest absolute Gasteiger partial charge is 0.368 e. The first-order valence-electron chi connectivity index (χ1n) is 9.16. The molecule has 3 aromatic rings. The molecule has 1 saturated heterocycles. The highest BCUT2D eigenvalue weighted by atomic mass is 16.2. The smallest absolute Gasteiger partial charge is 0.347 e. The highest BCUT2D eigenvalue weighted by molar-refractivity contribution is 5.92. The predicted octanol–water partition coefficient (Wildman–Crippen LogP) is 1.26. The Morgan fingerprint density at radius 1 is 1.25 bits per heavy atom. The molecule has 9 heteroatoms. The summed E-state index contributed by atoms with van der Waals surface area (Å²) < 4.78 is 1.57. The van der Waals surface area contributed by atoms with Gasteiger partial charge in [-0.25, -0.2) is 24.4 Å². The maximum absolute atomic E-state index is 12.9. The number of carbonyl (C=O) groups is 1. The molecule has 3 heterocycles. The normalized spacial score (nSPS) is 16.9. The van der Waals surface area contributed by atoms with Crippen LogP contribution < -0.4 is 11.4 Å². The molecule has 144 valence electrons.